The predicted octanol–water partition coefficient (Wildman–Crippen LogP) is 3.09. The standard InChI is InChI=1S/C13H11F2N/c14-12-4-1-9(2-5-12)10-3-6-13(15)11(7-10)8-16/h1-7H,8,16H2. The summed E-state index contributed by atoms with van der Waals surface area (Å²) >= 11 is 0. The van der Waals surface area contributed by atoms with Gasteiger partial charge in [-0.25, -0.2) is 8.78 Å². The highest BCUT2D eigenvalue weighted by atomic mass is 19.1. The highest BCUT2D eigenvalue weighted by Crippen LogP contribution is 2.22. The molecule has 0 aliphatic heterocycles. The fourth-order valence-electron chi connectivity index (χ4n) is 1.55. The molecule has 0 aliphatic carbocycles. The first-order valence-corrected chi connectivity index (χ1v) is 4.95. The van der Waals surface area contributed by atoms with E-state index >= 15 is 0 Å². The molecule has 0 atom stereocenters. The van der Waals surface area contributed by atoms with Crippen LogP contribution in [0.5, 0.6) is 0 Å². The van der Waals surface area contributed by atoms with E-state index in [0.29, 0.717) is 5.56 Å². The summed E-state index contributed by atoms with van der Waals surface area (Å²) in [5.41, 5.74) is 7.56. The van der Waals surface area contributed by atoms with E-state index in [1.54, 1.807) is 24.3 Å². The molecule has 0 saturated carbocycles. The molecule has 2 rings (SSSR count). The van der Waals surface area contributed by atoms with Gasteiger partial charge in [0.2, 0.25) is 0 Å². The summed E-state index contributed by atoms with van der Waals surface area (Å²) < 4.78 is 25.9. The van der Waals surface area contributed by atoms with Crippen molar-refractivity contribution in [1.82, 2.24) is 0 Å². The van der Waals surface area contributed by atoms with Crippen LogP contribution in [0.15, 0.2) is 42.5 Å². The van der Waals surface area contributed by atoms with Crippen molar-refractivity contribution in [1.29, 1.82) is 0 Å². The maximum atomic E-state index is 13.2. The minimum atomic E-state index is -0.312. The van der Waals surface area contributed by atoms with Gasteiger partial charge < -0.3 is 5.73 Å². The van der Waals surface area contributed by atoms with Gasteiger partial charge in [0, 0.05) is 12.1 Å². The lowest BCUT2D eigenvalue weighted by molar-refractivity contribution is 0.611. The Morgan fingerprint density at radius 1 is 0.875 bits per heavy atom. The normalized spacial score (nSPS) is 10.4. The van der Waals surface area contributed by atoms with Gasteiger partial charge >= 0.3 is 0 Å². The average Bonchev–Trinajstić information content (AvgIpc) is 2.31. The quantitative estimate of drug-likeness (QED) is 0.825. The van der Waals surface area contributed by atoms with Crippen molar-refractivity contribution in [3.63, 3.8) is 0 Å². The van der Waals surface area contributed by atoms with Crippen LogP contribution in [0.1, 0.15) is 5.56 Å². The maximum Gasteiger partial charge on any atom is 0.127 e. The highest BCUT2D eigenvalue weighted by Gasteiger charge is 2.03. The molecule has 82 valence electrons. The van der Waals surface area contributed by atoms with Gasteiger partial charge in [0.25, 0.3) is 0 Å². The Kier molecular flexibility index (Phi) is 2.97. The summed E-state index contributed by atoms with van der Waals surface area (Å²) in [4.78, 5) is 0. The zero-order valence-corrected chi connectivity index (χ0v) is 8.58. The van der Waals surface area contributed by atoms with Crippen molar-refractivity contribution in [2.75, 3.05) is 0 Å². The predicted molar refractivity (Wildman–Crippen MR) is 59.7 cm³/mol. The summed E-state index contributed by atoms with van der Waals surface area (Å²) in [6, 6.07) is 10.8. The Morgan fingerprint density at radius 3 is 2.12 bits per heavy atom. The molecular formula is C13H11F2N. The lowest BCUT2D eigenvalue weighted by Gasteiger charge is -2.05. The van der Waals surface area contributed by atoms with E-state index in [-0.39, 0.29) is 18.2 Å². The number of hydrogen-bond acceptors (Lipinski definition) is 1. The SMILES string of the molecule is NCc1cc(-c2ccc(F)cc2)ccc1F. The van der Waals surface area contributed by atoms with Crippen LogP contribution in [-0.2, 0) is 6.54 Å². The average molecular weight is 219 g/mol. The molecule has 16 heavy (non-hydrogen) atoms. The van der Waals surface area contributed by atoms with E-state index in [4.69, 9.17) is 5.73 Å². The molecule has 2 aromatic rings. The molecule has 0 aromatic heterocycles. The highest BCUT2D eigenvalue weighted by molar-refractivity contribution is 5.64. The molecule has 0 bridgehead atoms. The molecule has 0 heterocycles. The molecule has 0 saturated heterocycles. The Hall–Kier alpha value is -1.74. The molecule has 3 heteroatoms. The first-order valence-electron chi connectivity index (χ1n) is 4.95. The van der Waals surface area contributed by atoms with Crippen LogP contribution in [0.2, 0.25) is 0 Å². The third-order valence-electron chi connectivity index (χ3n) is 2.44. The van der Waals surface area contributed by atoms with Gasteiger partial charge in [-0.15, -0.1) is 0 Å². The molecular weight excluding hydrogens is 208 g/mol. The van der Waals surface area contributed by atoms with Gasteiger partial charge in [-0.3, -0.25) is 0 Å². The Morgan fingerprint density at radius 2 is 1.50 bits per heavy atom. The summed E-state index contributed by atoms with van der Waals surface area (Å²) in [5.74, 6) is -0.599. The van der Waals surface area contributed by atoms with Crippen LogP contribution >= 0.6 is 0 Å². The Labute approximate surface area is 92.5 Å². The van der Waals surface area contributed by atoms with Crippen molar-refractivity contribution in [3.05, 3.63) is 59.7 Å². The maximum absolute atomic E-state index is 13.2. The van der Waals surface area contributed by atoms with Crippen molar-refractivity contribution in [3.8, 4) is 11.1 Å². The molecule has 0 radical (unpaired) electrons. The van der Waals surface area contributed by atoms with Crippen LogP contribution < -0.4 is 5.73 Å². The van der Waals surface area contributed by atoms with Crippen LogP contribution in [0.4, 0.5) is 8.78 Å². The van der Waals surface area contributed by atoms with E-state index < -0.39 is 0 Å². The Balaban J connectivity index is 2.44. The number of halogens is 2. The second-order valence-electron chi connectivity index (χ2n) is 3.52. The molecule has 0 spiro atoms. The van der Waals surface area contributed by atoms with Crippen LogP contribution in [0.25, 0.3) is 11.1 Å². The number of benzene rings is 2. The van der Waals surface area contributed by atoms with Crippen molar-refractivity contribution >= 4 is 0 Å². The van der Waals surface area contributed by atoms with Crippen molar-refractivity contribution < 1.29 is 8.78 Å². The molecule has 2 aromatic carbocycles. The summed E-state index contributed by atoms with van der Waals surface area (Å²) in [5, 5.41) is 0. The number of nitrogens with two attached hydrogens (primary N) is 1. The van der Waals surface area contributed by atoms with Crippen molar-refractivity contribution in [2.45, 2.75) is 6.54 Å². The summed E-state index contributed by atoms with van der Waals surface area (Å²) in [7, 11) is 0. The lowest BCUT2D eigenvalue weighted by Crippen LogP contribution is -1.99. The fraction of sp³-hybridized carbons (Fsp3) is 0.0769. The first-order chi connectivity index (χ1) is 7.70. The van der Waals surface area contributed by atoms with Gasteiger partial charge in [-0.1, -0.05) is 18.2 Å². The largest absolute Gasteiger partial charge is 0.326 e. The minimum Gasteiger partial charge on any atom is -0.326 e. The molecule has 1 nitrogen and oxygen atoms in total. The molecule has 0 amide bonds. The number of rotatable bonds is 2. The zero-order chi connectivity index (χ0) is 11.5. The Bertz CT molecular complexity index is 492. The van der Waals surface area contributed by atoms with E-state index in [1.165, 1.54) is 18.2 Å². The third kappa shape index (κ3) is 2.09. The van der Waals surface area contributed by atoms with Gasteiger partial charge in [0.15, 0.2) is 0 Å². The monoisotopic (exact) mass is 219 g/mol. The van der Waals surface area contributed by atoms with Crippen LogP contribution in [0.3, 0.4) is 0 Å². The molecule has 2 N–H and O–H groups in total. The fourth-order valence-corrected chi connectivity index (χ4v) is 1.55. The van der Waals surface area contributed by atoms with Crippen LogP contribution in [0, 0.1) is 11.6 Å². The van der Waals surface area contributed by atoms with E-state index in [1.807, 2.05) is 0 Å². The molecule has 0 aliphatic rings. The zero-order valence-electron chi connectivity index (χ0n) is 8.58. The smallest absolute Gasteiger partial charge is 0.127 e. The van der Waals surface area contributed by atoms with Gasteiger partial charge in [-0.2, -0.15) is 0 Å². The van der Waals surface area contributed by atoms with Gasteiger partial charge in [0.1, 0.15) is 11.6 Å². The van der Waals surface area contributed by atoms with E-state index in [9.17, 15) is 8.78 Å². The van der Waals surface area contributed by atoms with E-state index in [0.717, 1.165) is 11.1 Å². The number of hydrogen-bond donors (Lipinski definition) is 1. The van der Waals surface area contributed by atoms with E-state index in [2.05, 4.69) is 0 Å². The van der Waals surface area contributed by atoms with Gasteiger partial charge in [-0.05, 0) is 35.4 Å². The van der Waals surface area contributed by atoms with Gasteiger partial charge in [0.05, 0.1) is 0 Å². The second-order valence-corrected chi connectivity index (χ2v) is 3.52. The topological polar surface area (TPSA) is 26.0 Å². The molecule has 0 fully saturated rings. The van der Waals surface area contributed by atoms with Crippen LogP contribution in [-0.4, -0.2) is 0 Å². The minimum absolute atomic E-state index is 0.154. The molecule has 0 unspecified atom stereocenters. The summed E-state index contributed by atoms with van der Waals surface area (Å²) in [6.07, 6.45) is 0. The first kappa shape index (κ1) is 10.8. The second kappa shape index (κ2) is 4.41. The lowest BCUT2D eigenvalue weighted by atomic mass is 10.0. The summed E-state index contributed by atoms with van der Waals surface area (Å²) in [6.45, 7) is 0.154. The third-order valence-corrected chi connectivity index (χ3v) is 2.44. The van der Waals surface area contributed by atoms with Crippen molar-refractivity contribution in [2.24, 2.45) is 5.73 Å².